The Morgan fingerprint density at radius 2 is 2.21 bits per heavy atom. The molecule has 0 spiro atoms. The summed E-state index contributed by atoms with van der Waals surface area (Å²) in [6.07, 6.45) is 2.58. The fourth-order valence-corrected chi connectivity index (χ4v) is 3.53. The number of hydrogen-bond donors (Lipinski definition) is 1. The van der Waals surface area contributed by atoms with Crippen LogP contribution in [0.3, 0.4) is 0 Å². The van der Waals surface area contributed by atoms with Crippen LogP contribution in [0.4, 0.5) is 11.4 Å². The Hall–Kier alpha value is -1.00. The number of halogens is 1. The normalized spacial score (nSPS) is 14.6. The number of aryl methyl sites for hydroxylation is 1. The van der Waals surface area contributed by atoms with Crippen molar-refractivity contribution >= 4 is 38.6 Å². The maximum atomic E-state index is 5.97. The van der Waals surface area contributed by atoms with E-state index in [0.29, 0.717) is 6.04 Å². The lowest BCUT2D eigenvalue weighted by Gasteiger charge is -2.26. The average molecular weight is 337 g/mol. The van der Waals surface area contributed by atoms with Gasteiger partial charge < -0.3 is 10.6 Å². The van der Waals surface area contributed by atoms with Crippen molar-refractivity contribution in [2.45, 2.75) is 32.4 Å². The van der Waals surface area contributed by atoms with Crippen LogP contribution in [-0.2, 0) is 6.54 Å². The van der Waals surface area contributed by atoms with Gasteiger partial charge in [0.25, 0.3) is 0 Å². The van der Waals surface area contributed by atoms with Crippen LogP contribution in [0.25, 0.3) is 0 Å². The largest absolute Gasteiger partial charge is 0.398 e. The molecule has 0 aliphatic heterocycles. The summed E-state index contributed by atoms with van der Waals surface area (Å²) >= 11 is 5.42. The molecular weight excluding hydrogens is 320 g/mol. The third kappa shape index (κ3) is 2.79. The topological polar surface area (TPSA) is 29.3 Å². The summed E-state index contributed by atoms with van der Waals surface area (Å²) in [4.78, 5) is 2.50. The molecule has 1 aromatic heterocycles. The van der Waals surface area contributed by atoms with Gasteiger partial charge in [0.15, 0.2) is 0 Å². The Bertz CT molecular complexity index is 576. The first-order chi connectivity index (χ1) is 9.15. The zero-order chi connectivity index (χ0) is 13.4. The van der Waals surface area contributed by atoms with Crippen molar-refractivity contribution in [3.05, 3.63) is 44.6 Å². The number of hydrogen-bond acceptors (Lipinski definition) is 3. The van der Waals surface area contributed by atoms with E-state index in [-0.39, 0.29) is 0 Å². The number of thiophene rings is 1. The molecule has 1 saturated carbocycles. The highest BCUT2D eigenvalue weighted by Gasteiger charge is 2.30. The first-order valence-electron chi connectivity index (χ1n) is 6.48. The number of benzene rings is 1. The maximum absolute atomic E-state index is 5.97. The van der Waals surface area contributed by atoms with Gasteiger partial charge in [0.2, 0.25) is 0 Å². The van der Waals surface area contributed by atoms with Crippen LogP contribution in [0.1, 0.15) is 24.0 Å². The molecule has 4 heteroatoms. The minimum Gasteiger partial charge on any atom is -0.398 e. The molecule has 1 heterocycles. The first-order valence-corrected chi connectivity index (χ1v) is 8.22. The van der Waals surface area contributed by atoms with Crippen molar-refractivity contribution in [2.75, 3.05) is 10.6 Å². The van der Waals surface area contributed by atoms with E-state index in [2.05, 4.69) is 50.6 Å². The zero-order valence-corrected chi connectivity index (χ0v) is 13.3. The second-order valence-corrected chi connectivity index (χ2v) is 6.79. The minimum absolute atomic E-state index is 0.680. The monoisotopic (exact) mass is 336 g/mol. The summed E-state index contributed by atoms with van der Waals surface area (Å²) in [5.41, 5.74) is 10.6. The molecule has 2 aromatic rings. The second kappa shape index (κ2) is 5.17. The predicted octanol–water partition coefficient (Wildman–Crippen LogP) is 4.57. The number of anilines is 2. The Balaban J connectivity index is 1.94. The summed E-state index contributed by atoms with van der Waals surface area (Å²) in [5.74, 6) is 0. The lowest BCUT2D eigenvalue weighted by molar-refractivity contribution is 0.794. The summed E-state index contributed by atoms with van der Waals surface area (Å²) in [6, 6.07) is 7.11. The summed E-state index contributed by atoms with van der Waals surface area (Å²) in [6.45, 7) is 3.05. The Kier molecular flexibility index (Phi) is 3.54. The lowest BCUT2D eigenvalue weighted by Crippen LogP contribution is -2.25. The molecular formula is C15H17BrN2S. The molecule has 1 aromatic carbocycles. The van der Waals surface area contributed by atoms with Gasteiger partial charge >= 0.3 is 0 Å². The quantitative estimate of drug-likeness (QED) is 0.828. The van der Waals surface area contributed by atoms with Crippen LogP contribution in [0.5, 0.6) is 0 Å². The van der Waals surface area contributed by atoms with Crippen LogP contribution in [-0.4, -0.2) is 6.04 Å². The van der Waals surface area contributed by atoms with Crippen LogP contribution >= 0.6 is 27.3 Å². The molecule has 0 unspecified atom stereocenters. The zero-order valence-electron chi connectivity index (χ0n) is 10.9. The van der Waals surface area contributed by atoms with Gasteiger partial charge in [0.1, 0.15) is 0 Å². The van der Waals surface area contributed by atoms with Gasteiger partial charge in [-0.2, -0.15) is 11.3 Å². The van der Waals surface area contributed by atoms with Crippen molar-refractivity contribution < 1.29 is 0 Å². The predicted molar refractivity (Wildman–Crippen MR) is 86.8 cm³/mol. The number of nitrogens with two attached hydrogens (primary N) is 1. The fourth-order valence-electron chi connectivity index (χ4n) is 2.28. The van der Waals surface area contributed by atoms with E-state index in [4.69, 9.17) is 5.73 Å². The van der Waals surface area contributed by atoms with E-state index >= 15 is 0 Å². The Labute approximate surface area is 126 Å². The summed E-state index contributed by atoms with van der Waals surface area (Å²) in [7, 11) is 0. The SMILES string of the molecule is Cc1cc(N(Cc2ccsc2)C2CC2)c(Br)cc1N. The molecule has 100 valence electrons. The Morgan fingerprint density at radius 3 is 2.84 bits per heavy atom. The van der Waals surface area contributed by atoms with Crippen molar-refractivity contribution in [1.29, 1.82) is 0 Å². The highest BCUT2D eigenvalue weighted by Crippen LogP contribution is 2.39. The maximum Gasteiger partial charge on any atom is 0.0520 e. The van der Waals surface area contributed by atoms with E-state index in [0.717, 1.165) is 22.3 Å². The standard InChI is InChI=1S/C15H17BrN2S/c1-10-6-15(13(16)7-14(10)17)18(12-2-3-12)8-11-4-5-19-9-11/h4-7,9,12H,2-3,8,17H2,1H3. The van der Waals surface area contributed by atoms with Crippen molar-refractivity contribution in [2.24, 2.45) is 0 Å². The van der Waals surface area contributed by atoms with Crippen LogP contribution in [0.15, 0.2) is 33.4 Å². The highest BCUT2D eigenvalue weighted by atomic mass is 79.9. The van der Waals surface area contributed by atoms with Gasteiger partial charge in [0, 0.05) is 22.7 Å². The molecule has 19 heavy (non-hydrogen) atoms. The molecule has 0 bridgehead atoms. The van der Waals surface area contributed by atoms with Crippen LogP contribution in [0, 0.1) is 6.92 Å². The van der Waals surface area contributed by atoms with Crippen molar-refractivity contribution in [3.63, 3.8) is 0 Å². The number of nitrogen functional groups attached to an aromatic ring is 1. The van der Waals surface area contributed by atoms with Crippen molar-refractivity contribution in [1.82, 2.24) is 0 Å². The summed E-state index contributed by atoms with van der Waals surface area (Å²) < 4.78 is 1.10. The number of nitrogens with zero attached hydrogens (tertiary/aromatic N) is 1. The van der Waals surface area contributed by atoms with Crippen LogP contribution < -0.4 is 10.6 Å². The molecule has 1 aliphatic rings. The van der Waals surface area contributed by atoms with Crippen molar-refractivity contribution in [3.8, 4) is 0 Å². The third-order valence-electron chi connectivity index (χ3n) is 3.57. The lowest BCUT2D eigenvalue weighted by atomic mass is 10.1. The van der Waals surface area contributed by atoms with E-state index in [9.17, 15) is 0 Å². The van der Waals surface area contributed by atoms with Gasteiger partial charge in [-0.25, -0.2) is 0 Å². The second-order valence-electron chi connectivity index (χ2n) is 5.15. The van der Waals surface area contributed by atoms with E-state index in [1.54, 1.807) is 11.3 Å². The molecule has 0 saturated heterocycles. The van der Waals surface area contributed by atoms with Crippen LogP contribution in [0.2, 0.25) is 0 Å². The molecule has 2 N–H and O–H groups in total. The van der Waals surface area contributed by atoms with E-state index in [1.165, 1.54) is 24.1 Å². The van der Waals surface area contributed by atoms with Gasteiger partial charge in [0.05, 0.1) is 5.69 Å². The molecule has 2 nitrogen and oxygen atoms in total. The average Bonchev–Trinajstić information content (AvgIpc) is 3.09. The van der Waals surface area contributed by atoms with Gasteiger partial charge in [-0.15, -0.1) is 0 Å². The van der Waals surface area contributed by atoms with E-state index < -0.39 is 0 Å². The first kappa shape index (κ1) is 13.0. The molecule has 3 rings (SSSR count). The van der Waals surface area contributed by atoms with Gasteiger partial charge in [-0.05, 0) is 75.8 Å². The molecule has 0 radical (unpaired) electrons. The van der Waals surface area contributed by atoms with Gasteiger partial charge in [-0.3, -0.25) is 0 Å². The molecule has 0 amide bonds. The van der Waals surface area contributed by atoms with E-state index in [1.807, 2.05) is 6.07 Å². The molecule has 1 fully saturated rings. The smallest absolute Gasteiger partial charge is 0.0520 e. The fraction of sp³-hybridized carbons (Fsp3) is 0.333. The van der Waals surface area contributed by atoms with Gasteiger partial charge in [-0.1, -0.05) is 0 Å². The minimum atomic E-state index is 0.680. The number of rotatable bonds is 4. The summed E-state index contributed by atoms with van der Waals surface area (Å²) in [5, 5.41) is 4.37. The highest BCUT2D eigenvalue weighted by molar-refractivity contribution is 9.10. The third-order valence-corrected chi connectivity index (χ3v) is 4.93. The molecule has 1 aliphatic carbocycles. The Morgan fingerprint density at radius 1 is 1.42 bits per heavy atom. The molecule has 0 atom stereocenters.